The molecule has 18 heavy (non-hydrogen) atoms. The molecular weight excluding hydrogens is 248 g/mol. The second-order valence-corrected chi connectivity index (χ2v) is 5.57. The van der Waals surface area contributed by atoms with Gasteiger partial charge in [-0.2, -0.15) is 0 Å². The second kappa shape index (κ2) is 6.11. The fourth-order valence-electron chi connectivity index (χ4n) is 1.96. The van der Waals surface area contributed by atoms with Gasteiger partial charge in [0.05, 0.1) is 18.7 Å². The first-order valence-corrected chi connectivity index (χ1v) is 7.09. The number of carbonyl (C=O) groups excluding carboxylic acids is 1. The lowest BCUT2D eigenvalue weighted by molar-refractivity contribution is 0.217. The SMILES string of the molecule is C[C@H](CO)NC(=O)N[C@H]1CCSc2ccccc21. The number of rotatable bonds is 3. The van der Waals surface area contributed by atoms with E-state index in [4.69, 9.17) is 5.11 Å². The summed E-state index contributed by atoms with van der Waals surface area (Å²) in [5.41, 5.74) is 1.18. The van der Waals surface area contributed by atoms with Crippen LogP contribution in [0.2, 0.25) is 0 Å². The minimum atomic E-state index is -0.224. The number of aliphatic hydroxyl groups is 1. The molecule has 4 nitrogen and oxygen atoms in total. The van der Waals surface area contributed by atoms with Crippen LogP contribution in [-0.4, -0.2) is 29.5 Å². The molecule has 0 bridgehead atoms. The van der Waals surface area contributed by atoms with E-state index in [1.54, 1.807) is 6.92 Å². The predicted octanol–water partition coefficient (Wildman–Crippen LogP) is 1.90. The Balaban J connectivity index is 2.01. The molecule has 5 heteroatoms. The van der Waals surface area contributed by atoms with Gasteiger partial charge in [-0.25, -0.2) is 4.79 Å². The number of hydrogen-bond acceptors (Lipinski definition) is 3. The summed E-state index contributed by atoms with van der Waals surface area (Å²) in [5.74, 6) is 1.01. The van der Waals surface area contributed by atoms with Gasteiger partial charge in [0.25, 0.3) is 0 Å². The topological polar surface area (TPSA) is 61.4 Å². The van der Waals surface area contributed by atoms with Crippen molar-refractivity contribution in [3.63, 3.8) is 0 Å². The largest absolute Gasteiger partial charge is 0.394 e. The van der Waals surface area contributed by atoms with Crippen LogP contribution in [0.1, 0.15) is 24.9 Å². The molecule has 98 valence electrons. The summed E-state index contributed by atoms with van der Waals surface area (Å²) in [6, 6.07) is 7.77. The summed E-state index contributed by atoms with van der Waals surface area (Å²) in [5, 5.41) is 14.6. The van der Waals surface area contributed by atoms with Crippen LogP contribution in [-0.2, 0) is 0 Å². The Hall–Kier alpha value is -1.20. The molecule has 0 saturated carbocycles. The first-order valence-electron chi connectivity index (χ1n) is 6.10. The third-order valence-electron chi connectivity index (χ3n) is 2.92. The highest BCUT2D eigenvalue weighted by atomic mass is 32.2. The molecule has 1 heterocycles. The highest BCUT2D eigenvalue weighted by molar-refractivity contribution is 7.99. The molecule has 0 spiro atoms. The first kappa shape index (κ1) is 13.2. The van der Waals surface area contributed by atoms with E-state index in [1.165, 1.54) is 10.5 Å². The zero-order valence-corrected chi connectivity index (χ0v) is 11.2. The Kier molecular flexibility index (Phi) is 4.49. The number of fused-ring (bicyclic) bond motifs is 1. The molecule has 1 aromatic rings. The van der Waals surface area contributed by atoms with Crippen LogP contribution in [0.15, 0.2) is 29.2 Å². The highest BCUT2D eigenvalue weighted by Crippen LogP contribution is 2.35. The monoisotopic (exact) mass is 266 g/mol. The van der Waals surface area contributed by atoms with Crippen LogP contribution in [0.5, 0.6) is 0 Å². The zero-order chi connectivity index (χ0) is 13.0. The first-order chi connectivity index (χ1) is 8.70. The number of nitrogens with one attached hydrogen (secondary N) is 2. The van der Waals surface area contributed by atoms with Crippen molar-refractivity contribution in [2.45, 2.75) is 30.3 Å². The normalized spacial score (nSPS) is 19.8. The molecule has 1 aliphatic heterocycles. The third-order valence-corrected chi connectivity index (χ3v) is 4.04. The molecular formula is C13H18N2O2S. The second-order valence-electron chi connectivity index (χ2n) is 4.43. The van der Waals surface area contributed by atoms with Crippen LogP contribution in [0.3, 0.4) is 0 Å². The number of aliphatic hydroxyl groups excluding tert-OH is 1. The van der Waals surface area contributed by atoms with Crippen molar-refractivity contribution >= 4 is 17.8 Å². The van der Waals surface area contributed by atoms with Gasteiger partial charge in [0, 0.05) is 10.6 Å². The van der Waals surface area contributed by atoms with Crippen molar-refractivity contribution < 1.29 is 9.90 Å². The average Bonchev–Trinajstić information content (AvgIpc) is 2.39. The summed E-state index contributed by atoms with van der Waals surface area (Å²) in [7, 11) is 0. The smallest absolute Gasteiger partial charge is 0.315 e. The van der Waals surface area contributed by atoms with E-state index < -0.39 is 0 Å². The summed E-state index contributed by atoms with van der Waals surface area (Å²) in [4.78, 5) is 13.0. The van der Waals surface area contributed by atoms with E-state index in [-0.39, 0.29) is 24.7 Å². The van der Waals surface area contributed by atoms with Crippen LogP contribution in [0.25, 0.3) is 0 Å². The Morgan fingerprint density at radius 2 is 2.33 bits per heavy atom. The molecule has 1 aromatic carbocycles. The fraction of sp³-hybridized carbons (Fsp3) is 0.462. The summed E-state index contributed by atoms with van der Waals surface area (Å²) in [6.45, 7) is 1.72. The quantitative estimate of drug-likeness (QED) is 0.783. The van der Waals surface area contributed by atoms with Gasteiger partial charge in [-0.15, -0.1) is 11.8 Å². The van der Waals surface area contributed by atoms with Gasteiger partial charge in [-0.1, -0.05) is 18.2 Å². The maximum absolute atomic E-state index is 11.8. The molecule has 2 amide bonds. The van der Waals surface area contributed by atoms with Crippen molar-refractivity contribution in [2.24, 2.45) is 0 Å². The van der Waals surface area contributed by atoms with Gasteiger partial charge in [-0.3, -0.25) is 0 Å². The van der Waals surface area contributed by atoms with Crippen molar-refractivity contribution in [3.8, 4) is 0 Å². The van der Waals surface area contributed by atoms with Crippen LogP contribution < -0.4 is 10.6 Å². The van der Waals surface area contributed by atoms with Crippen LogP contribution >= 0.6 is 11.8 Å². The van der Waals surface area contributed by atoms with E-state index in [0.717, 1.165) is 12.2 Å². The van der Waals surface area contributed by atoms with Gasteiger partial charge >= 0.3 is 6.03 Å². The van der Waals surface area contributed by atoms with E-state index in [1.807, 2.05) is 23.9 Å². The Morgan fingerprint density at radius 3 is 3.11 bits per heavy atom. The van der Waals surface area contributed by atoms with E-state index in [2.05, 4.69) is 22.8 Å². The van der Waals surface area contributed by atoms with Crippen LogP contribution in [0, 0.1) is 0 Å². The lowest BCUT2D eigenvalue weighted by atomic mass is 10.0. The predicted molar refractivity (Wildman–Crippen MR) is 72.7 cm³/mol. The lowest BCUT2D eigenvalue weighted by Gasteiger charge is -2.26. The van der Waals surface area contributed by atoms with Gasteiger partial charge < -0.3 is 15.7 Å². The molecule has 0 fully saturated rings. The molecule has 0 aromatic heterocycles. The van der Waals surface area contributed by atoms with Crippen molar-refractivity contribution in [1.29, 1.82) is 0 Å². The Morgan fingerprint density at radius 1 is 1.56 bits per heavy atom. The summed E-state index contributed by atoms with van der Waals surface area (Å²) in [6.07, 6.45) is 0.933. The van der Waals surface area contributed by atoms with Crippen molar-refractivity contribution in [2.75, 3.05) is 12.4 Å². The molecule has 3 N–H and O–H groups in total. The van der Waals surface area contributed by atoms with Crippen molar-refractivity contribution in [1.82, 2.24) is 10.6 Å². The molecule has 1 aliphatic rings. The van der Waals surface area contributed by atoms with Gasteiger partial charge in [0.2, 0.25) is 0 Å². The molecule has 0 saturated heterocycles. The molecule has 0 unspecified atom stereocenters. The maximum atomic E-state index is 11.8. The highest BCUT2D eigenvalue weighted by Gasteiger charge is 2.22. The summed E-state index contributed by atoms with van der Waals surface area (Å²) < 4.78 is 0. The van der Waals surface area contributed by atoms with Crippen molar-refractivity contribution in [3.05, 3.63) is 29.8 Å². The molecule has 0 aliphatic carbocycles. The minimum absolute atomic E-state index is 0.0511. The maximum Gasteiger partial charge on any atom is 0.315 e. The van der Waals surface area contributed by atoms with Crippen LogP contribution in [0.4, 0.5) is 4.79 Å². The minimum Gasteiger partial charge on any atom is -0.394 e. The van der Waals surface area contributed by atoms with Gasteiger partial charge in [0.15, 0.2) is 0 Å². The van der Waals surface area contributed by atoms with Gasteiger partial charge in [0.1, 0.15) is 0 Å². The Bertz CT molecular complexity index is 425. The zero-order valence-electron chi connectivity index (χ0n) is 10.3. The van der Waals surface area contributed by atoms with Gasteiger partial charge in [-0.05, 0) is 25.0 Å². The lowest BCUT2D eigenvalue weighted by Crippen LogP contribution is -2.44. The number of urea groups is 1. The number of carbonyl (C=O) groups is 1. The molecule has 0 radical (unpaired) electrons. The van der Waals surface area contributed by atoms with E-state index >= 15 is 0 Å². The Labute approximate surface area is 111 Å². The fourth-order valence-corrected chi connectivity index (χ4v) is 3.09. The van der Waals surface area contributed by atoms with E-state index in [0.29, 0.717) is 0 Å². The number of hydrogen-bond donors (Lipinski definition) is 3. The number of thioether (sulfide) groups is 1. The standard InChI is InChI=1S/C13H18N2O2S/c1-9(8-16)14-13(17)15-11-6-7-18-12-5-3-2-4-10(11)12/h2-5,9,11,16H,6-8H2,1H3,(H2,14,15,17)/t9-,11+/m1/s1. The average molecular weight is 266 g/mol. The summed E-state index contributed by atoms with van der Waals surface area (Å²) >= 11 is 1.83. The molecule has 2 atom stereocenters. The molecule has 2 rings (SSSR count). The third kappa shape index (κ3) is 3.17. The number of amides is 2. The number of benzene rings is 1. The van der Waals surface area contributed by atoms with E-state index in [9.17, 15) is 4.79 Å².